The number of hydrogen-bond donors (Lipinski definition) is 2. The van der Waals surface area contributed by atoms with Crippen LogP contribution in [0.15, 0.2) is 23.4 Å². The van der Waals surface area contributed by atoms with Gasteiger partial charge in [0.1, 0.15) is 0 Å². The minimum absolute atomic E-state index is 0.439. The van der Waals surface area contributed by atoms with E-state index in [9.17, 15) is 9.59 Å². The molecule has 0 aliphatic carbocycles. The Hall–Kier alpha value is -1.73. The van der Waals surface area contributed by atoms with Gasteiger partial charge in [0.25, 0.3) is 0 Å². The Balaban J connectivity index is 2.31. The van der Waals surface area contributed by atoms with Crippen LogP contribution in [0.3, 0.4) is 0 Å². The molecule has 6 nitrogen and oxygen atoms in total. The van der Waals surface area contributed by atoms with Crippen LogP contribution < -0.4 is 11.1 Å². The highest BCUT2D eigenvalue weighted by Gasteiger charge is 2.20. The van der Waals surface area contributed by atoms with Crippen LogP contribution in [0.4, 0.5) is 4.79 Å². The number of imidazole rings is 1. The van der Waals surface area contributed by atoms with Crippen LogP contribution >= 0.6 is 23.4 Å². The lowest BCUT2D eigenvalue weighted by Gasteiger charge is -2.11. The first-order chi connectivity index (χ1) is 10.4. The van der Waals surface area contributed by atoms with Crippen molar-refractivity contribution in [3.63, 3.8) is 0 Å². The molecule has 2 rings (SSSR count). The van der Waals surface area contributed by atoms with Crippen LogP contribution in [-0.4, -0.2) is 26.7 Å². The molecule has 2 aromatic rings. The van der Waals surface area contributed by atoms with Gasteiger partial charge in [0.2, 0.25) is 5.91 Å². The zero-order valence-corrected chi connectivity index (χ0v) is 13.9. The highest BCUT2D eigenvalue weighted by atomic mass is 35.5. The van der Waals surface area contributed by atoms with Gasteiger partial charge in [0.05, 0.1) is 16.3 Å². The van der Waals surface area contributed by atoms with Gasteiger partial charge in [-0.3, -0.25) is 10.1 Å². The fraction of sp³-hybridized carbons (Fsp3) is 0.357. The maximum Gasteiger partial charge on any atom is 0.318 e. The average Bonchev–Trinajstić information content (AvgIpc) is 2.75. The summed E-state index contributed by atoms with van der Waals surface area (Å²) >= 11 is 7.28. The smallest absolute Gasteiger partial charge is 0.318 e. The quantitative estimate of drug-likeness (QED) is 0.819. The number of fused-ring (bicyclic) bond motifs is 1. The number of carbonyl (C=O) groups is 2. The van der Waals surface area contributed by atoms with E-state index in [0.29, 0.717) is 10.2 Å². The molecule has 1 atom stereocenters. The molecule has 0 aliphatic rings. The number of aromatic nitrogens is 2. The van der Waals surface area contributed by atoms with Gasteiger partial charge >= 0.3 is 6.03 Å². The summed E-state index contributed by atoms with van der Waals surface area (Å²) in [5, 5.41) is 2.92. The molecule has 0 radical (unpaired) electrons. The number of nitrogens with two attached hydrogens (primary N) is 1. The molecule has 0 bridgehead atoms. The van der Waals surface area contributed by atoms with E-state index in [1.54, 1.807) is 13.0 Å². The molecular weight excluding hydrogens is 324 g/mol. The Bertz CT molecular complexity index is 716. The van der Waals surface area contributed by atoms with E-state index >= 15 is 0 Å². The number of amides is 3. The highest BCUT2D eigenvalue weighted by molar-refractivity contribution is 8.00. The van der Waals surface area contributed by atoms with Crippen molar-refractivity contribution in [1.82, 2.24) is 14.9 Å². The molecule has 0 saturated heterocycles. The number of aryl methyl sites for hydroxylation is 1. The van der Waals surface area contributed by atoms with Crippen molar-refractivity contribution in [3.05, 3.63) is 23.2 Å². The van der Waals surface area contributed by atoms with Crippen LogP contribution in [0.2, 0.25) is 5.02 Å². The van der Waals surface area contributed by atoms with Crippen molar-refractivity contribution in [1.29, 1.82) is 0 Å². The lowest BCUT2D eigenvalue weighted by molar-refractivity contribution is -0.119. The molecule has 0 spiro atoms. The summed E-state index contributed by atoms with van der Waals surface area (Å²) in [6.07, 6.45) is 0.934. The van der Waals surface area contributed by atoms with Crippen LogP contribution in [0.1, 0.15) is 20.3 Å². The van der Waals surface area contributed by atoms with Crippen LogP contribution in [0.25, 0.3) is 11.0 Å². The van der Waals surface area contributed by atoms with Crippen LogP contribution in [-0.2, 0) is 11.3 Å². The molecule has 118 valence electrons. The van der Waals surface area contributed by atoms with E-state index in [0.717, 1.165) is 24.0 Å². The number of carbonyl (C=O) groups excluding carboxylic acids is 2. The standard InChI is InChI=1S/C14H17ClN4O2S/c1-3-6-19-11-5-4-9(15)7-10(11)17-14(19)22-8(2)12(20)18-13(16)21/h4-5,7-8H,3,6H2,1-2H3,(H3,16,18,20,21)/t8-/m0/s1. The van der Waals surface area contributed by atoms with Gasteiger partial charge in [-0.15, -0.1) is 0 Å². The summed E-state index contributed by atoms with van der Waals surface area (Å²) in [5.41, 5.74) is 6.72. The zero-order valence-electron chi connectivity index (χ0n) is 12.3. The maximum absolute atomic E-state index is 11.8. The van der Waals surface area contributed by atoms with E-state index in [1.165, 1.54) is 11.8 Å². The summed E-state index contributed by atoms with van der Waals surface area (Å²) in [6, 6.07) is 4.67. The third kappa shape index (κ3) is 3.72. The van der Waals surface area contributed by atoms with Crippen molar-refractivity contribution >= 4 is 46.3 Å². The minimum atomic E-state index is -0.855. The largest absolute Gasteiger partial charge is 0.351 e. The lowest BCUT2D eigenvalue weighted by Crippen LogP contribution is -2.39. The molecule has 8 heteroatoms. The number of thioether (sulfide) groups is 1. The van der Waals surface area contributed by atoms with E-state index in [4.69, 9.17) is 17.3 Å². The Morgan fingerprint density at radius 3 is 2.86 bits per heavy atom. The number of nitrogens with zero attached hydrogens (tertiary/aromatic N) is 2. The van der Waals surface area contributed by atoms with Crippen molar-refractivity contribution < 1.29 is 9.59 Å². The molecule has 1 aromatic heterocycles. The average molecular weight is 341 g/mol. The van der Waals surface area contributed by atoms with Gasteiger partial charge < -0.3 is 10.3 Å². The summed E-state index contributed by atoms with van der Waals surface area (Å²) in [6.45, 7) is 4.55. The third-order valence-electron chi connectivity index (χ3n) is 3.02. The molecule has 3 amide bonds. The normalized spacial score (nSPS) is 12.3. The van der Waals surface area contributed by atoms with Crippen molar-refractivity contribution in [2.24, 2.45) is 5.73 Å². The van der Waals surface area contributed by atoms with Gasteiger partial charge in [-0.05, 0) is 31.5 Å². The van der Waals surface area contributed by atoms with Gasteiger partial charge in [-0.1, -0.05) is 30.3 Å². The Labute approximate surface area is 137 Å². The van der Waals surface area contributed by atoms with Gasteiger partial charge in [0, 0.05) is 11.6 Å². The van der Waals surface area contributed by atoms with Crippen molar-refractivity contribution in [2.75, 3.05) is 0 Å². The first-order valence-electron chi connectivity index (χ1n) is 6.85. The Kier molecular flexibility index (Phi) is 5.31. The van der Waals surface area contributed by atoms with Crippen LogP contribution in [0, 0.1) is 0 Å². The van der Waals surface area contributed by atoms with Crippen molar-refractivity contribution in [2.45, 2.75) is 37.2 Å². The second-order valence-corrected chi connectivity index (χ2v) is 6.54. The number of primary amides is 1. The van der Waals surface area contributed by atoms with E-state index in [1.807, 2.05) is 16.7 Å². The molecule has 22 heavy (non-hydrogen) atoms. The van der Waals surface area contributed by atoms with Crippen LogP contribution in [0.5, 0.6) is 0 Å². The molecule has 0 saturated carbocycles. The topological polar surface area (TPSA) is 90.0 Å². The summed E-state index contributed by atoms with van der Waals surface area (Å²) in [7, 11) is 0. The molecule has 1 aromatic carbocycles. The van der Waals surface area contributed by atoms with E-state index < -0.39 is 17.2 Å². The van der Waals surface area contributed by atoms with E-state index in [-0.39, 0.29) is 0 Å². The zero-order chi connectivity index (χ0) is 16.3. The number of rotatable bonds is 5. The van der Waals surface area contributed by atoms with Gasteiger partial charge in [-0.2, -0.15) is 0 Å². The predicted molar refractivity (Wildman–Crippen MR) is 88.1 cm³/mol. The number of urea groups is 1. The fourth-order valence-corrected chi connectivity index (χ4v) is 3.16. The second kappa shape index (κ2) is 7.02. The summed E-state index contributed by atoms with van der Waals surface area (Å²) in [4.78, 5) is 27.1. The molecule has 0 aliphatic heterocycles. The van der Waals surface area contributed by atoms with E-state index in [2.05, 4.69) is 17.2 Å². The number of halogens is 1. The highest BCUT2D eigenvalue weighted by Crippen LogP contribution is 2.29. The minimum Gasteiger partial charge on any atom is -0.351 e. The summed E-state index contributed by atoms with van der Waals surface area (Å²) in [5.74, 6) is -0.439. The number of hydrogen-bond acceptors (Lipinski definition) is 4. The molecule has 1 heterocycles. The lowest BCUT2D eigenvalue weighted by atomic mass is 10.3. The first kappa shape index (κ1) is 16.6. The molecule has 3 N–H and O–H groups in total. The van der Waals surface area contributed by atoms with Gasteiger partial charge in [-0.25, -0.2) is 9.78 Å². The third-order valence-corrected chi connectivity index (χ3v) is 4.35. The number of benzene rings is 1. The molecule has 0 fully saturated rings. The number of imide groups is 1. The maximum atomic E-state index is 11.8. The summed E-state index contributed by atoms with van der Waals surface area (Å²) < 4.78 is 2.05. The fourth-order valence-electron chi connectivity index (χ4n) is 2.05. The predicted octanol–water partition coefficient (Wildman–Crippen LogP) is 2.78. The molecule has 0 unspecified atom stereocenters. The van der Waals surface area contributed by atoms with Gasteiger partial charge in [0.15, 0.2) is 5.16 Å². The monoisotopic (exact) mass is 340 g/mol. The first-order valence-corrected chi connectivity index (χ1v) is 8.11. The SMILES string of the molecule is CCCn1c(S[C@@H](C)C(=O)NC(N)=O)nc2cc(Cl)ccc21. The van der Waals surface area contributed by atoms with Crippen molar-refractivity contribution in [3.8, 4) is 0 Å². The Morgan fingerprint density at radius 1 is 1.50 bits per heavy atom. The second-order valence-electron chi connectivity index (χ2n) is 4.79. The number of nitrogens with one attached hydrogen (secondary N) is 1. The molecular formula is C14H17ClN4O2S. The Morgan fingerprint density at radius 2 is 2.23 bits per heavy atom.